The average molecular weight is 315 g/mol. The first kappa shape index (κ1) is 17.0. The molecular formula is C12H17N3O5S. The summed E-state index contributed by atoms with van der Waals surface area (Å²) in [4.78, 5) is 32.6. The minimum absolute atomic E-state index is 0.184. The Balaban J connectivity index is 2.14. The molecule has 1 aromatic heterocycles. The normalized spacial score (nSPS) is 11.7. The molecule has 1 atom stereocenters. The average Bonchev–Trinajstić information content (AvgIpc) is 2.82. The van der Waals surface area contributed by atoms with Gasteiger partial charge in [0.2, 0.25) is 12.3 Å². The number of aromatic nitrogens is 1. The fourth-order valence-electron chi connectivity index (χ4n) is 1.46. The second kappa shape index (κ2) is 9.01. The number of thioether (sulfide) groups is 1. The highest BCUT2D eigenvalue weighted by atomic mass is 32.2. The van der Waals surface area contributed by atoms with Gasteiger partial charge in [-0.1, -0.05) is 5.16 Å². The molecule has 0 aliphatic rings. The third-order valence-corrected chi connectivity index (χ3v) is 3.50. The van der Waals surface area contributed by atoms with Crippen LogP contribution in [0.2, 0.25) is 0 Å². The molecule has 0 saturated carbocycles. The lowest BCUT2D eigenvalue weighted by atomic mass is 10.2. The van der Waals surface area contributed by atoms with Crippen molar-refractivity contribution in [2.24, 2.45) is 0 Å². The van der Waals surface area contributed by atoms with E-state index in [1.165, 1.54) is 11.8 Å². The van der Waals surface area contributed by atoms with Crippen LogP contribution in [0.4, 0.5) is 5.82 Å². The van der Waals surface area contributed by atoms with Crippen molar-refractivity contribution in [1.29, 1.82) is 0 Å². The van der Waals surface area contributed by atoms with Crippen molar-refractivity contribution < 1.29 is 24.0 Å². The number of carboxylic acid groups (broad SMARTS) is 1. The molecule has 0 bridgehead atoms. The molecule has 0 aliphatic carbocycles. The molecule has 116 valence electrons. The summed E-state index contributed by atoms with van der Waals surface area (Å²) in [5.74, 6) is 0.827. The quantitative estimate of drug-likeness (QED) is 0.427. The number of rotatable bonds is 10. The van der Waals surface area contributed by atoms with Crippen LogP contribution in [0.5, 0.6) is 0 Å². The molecule has 0 saturated heterocycles. The van der Waals surface area contributed by atoms with E-state index in [-0.39, 0.29) is 12.3 Å². The van der Waals surface area contributed by atoms with E-state index in [4.69, 9.17) is 9.63 Å². The van der Waals surface area contributed by atoms with E-state index in [2.05, 4.69) is 15.8 Å². The number of carbonyl (C=O) groups is 3. The van der Waals surface area contributed by atoms with Crippen LogP contribution in [0.1, 0.15) is 18.6 Å². The second-order valence-electron chi connectivity index (χ2n) is 4.20. The Morgan fingerprint density at radius 1 is 1.52 bits per heavy atom. The van der Waals surface area contributed by atoms with Crippen LogP contribution < -0.4 is 10.6 Å². The molecule has 1 unspecified atom stereocenters. The van der Waals surface area contributed by atoms with Gasteiger partial charge in [0, 0.05) is 18.2 Å². The van der Waals surface area contributed by atoms with Gasteiger partial charge in [-0.25, -0.2) is 4.79 Å². The van der Waals surface area contributed by atoms with E-state index in [0.717, 1.165) is 0 Å². The minimum Gasteiger partial charge on any atom is -0.480 e. The Bertz CT molecular complexity index is 491. The van der Waals surface area contributed by atoms with Crippen LogP contribution in [0.3, 0.4) is 0 Å². The van der Waals surface area contributed by atoms with Gasteiger partial charge < -0.3 is 20.3 Å². The number of hydrogen-bond acceptors (Lipinski definition) is 6. The van der Waals surface area contributed by atoms with E-state index in [1.54, 1.807) is 13.0 Å². The Kier molecular flexibility index (Phi) is 7.30. The van der Waals surface area contributed by atoms with Crippen LogP contribution in [0.15, 0.2) is 10.6 Å². The number of aliphatic carboxylic acids is 1. The van der Waals surface area contributed by atoms with Gasteiger partial charge in [0.05, 0.1) is 0 Å². The topological polar surface area (TPSA) is 122 Å². The molecule has 2 amide bonds. The molecule has 1 rings (SSSR count). The van der Waals surface area contributed by atoms with Crippen LogP contribution >= 0.6 is 11.8 Å². The van der Waals surface area contributed by atoms with Gasteiger partial charge in [0.15, 0.2) is 5.82 Å². The monoisotopic (exact) mass is 315 g/mol. The van der Waals surface area contributed by atoms with Crippen LogP contribution in [0, 0.1) is 6.92 Å². The fraction of sp³-hybridized carbons (Fsp3) is 0.500. The molecule has 21 heavy (non-hydrogen) atoms. The molecule has 0 spiro atoms. The summed E-state index contributed by atoms with van der Waals surface area (Å²) >= 11 is 1.44. The van der Waals surface area contributed by atoms with E-state index in [9.17, 15) is 14.4 Å². The Labute approximate surface area is 125 Å². The summed E-state index contributed by atoms with van der Waals surface area (Å²) in [6, 6.07) is 0.732. The first-order valence-corrected chi connectivity index (χ1v) is 7.42. The van der Waals surface area contributed by atoms with Crippen molar-refractivity contribution >= 4 is 35.9 Å². The molecule has 0 fully saturated rings. The van der Waals surface area contributed by atoms with Crippen LogP contribution in [-0.2, 0) is 14.4 Å². The standard InChI is InChI=1S/C12H17N3O5S/c1-8-6-10(15-20-8)14-11(17)3-5-21-4-2-9(12(18)19)13-7-16/h6-7,9H,2-5H2,1H3,(H,13,16)(H,18,19)(H,14,15,17). The molecular weight excluding hydrogens is 298 g/mol. The summed E-state index contributed by atoms with van der Waals surface area (Å²) < 4.78 is 4.82. The lowest BCUT2D eigenvalue weighted by Gasteiger charge is -2.10. The number of amides is 2. The van der Waals surface area contributed by atoms with E-state index in [0.29, 0.717) is 35.9 Å². The van der Waals surface area contributed by atoms with E-state index in [1.807, 2.05) is 0 Å². The highest BCUT2D eigenvalue weighted by molar-refractivity contribution is 7.99. The predicted molar refractivity (Wildman–Crippen MR) is 77.1 cm³/mol. The summed E-state index contributed by atoms with van der Waals surface area (Å²) in [6.45, 7) is 1.73. The van der Waals surface area contributed by atoms with Gasteiger partial charge in [-0.2, -0.15) is 11.8 Å². The summed E-state index contributed by atoms with van der Waals surface area (Å²) in [5, 5.41) is 17.3. The van der Waals surface area contributed by atoms with Crippen molar-refractivity contribution in [3.8, 4) is 0 Å². The highest BCUT2D eigenvalue weighted by Crippen LogP contribution is 2.10. The molecule has 0 aromatic carbocycles. The predicted octanol–water partition coefficient (Wildman–Crippen LogP) is 0.634. The first-order chi connectivity index (χ1) is 10.0. The third kappa shape index (κ3) is 6.80. The van der Waals surface area contributed by atoms with Gasteiger partial charge in [0.25, 0.3) is 0 Å². The van der Waals surface area contributed by atoms with E-state index >= 15 is 0 Å². The number of carbonyl (C=O) groups excluding carboxylic acids is 2. The van der Waals surface area contributed by atoms with Gasteiger partial charge in [-0.05, 0) is 19.1 Å². The number of nitrogens with zero attached hydrogens (tertiary/aromatic N) is 1. The lowest BCUT2D eigenvalue weighted by molar-refractivity contribution is -0.140. The Morgan fingerprint density at radius 2 is 2.29 bits per heavy atom. The largest absolute Gasteiger partial charge is 0.480 e. The van der Waals surface area contributed by atoms with Crippen molar-refractivity contribution in [2.45, 2.75) is 25.8 Å². The number of aryl methyl sites for hydroxylation is 1. The zero-order chi connectivity index (χ0) is 15.7. The molecule has 3 N–H and O–H groups in total. The molecule has 1 heterocycles. The Morgan fingerprint density at radius 3 is 2.86 bits per heavy atom. The molecule has 0 aliphatic heterocycles. The summed E-state index contributed by atoms with van der Waals surface area (Å²) in [6.07, 6.45) is 0.967. The maximum Gasteiger partial charge on any atom is 0.326 e. The molecule has 0 radical (unpaired) electrons. The first-order valence-electron chi connectivity index (χ1n) is 6.26. The molecule has 9 heteroatoms. The van der Waals surface area contributed by atoms with Crippen LogP contribution in [-0.4, -0.2) is 46.1 Å². The number of anilines is 1. The minimum atomic E-state index is -1.07. The zero-order valence-corrected chi connectivity index (χ0v) is 12.3. The van der Waals surface area contributed by atoms with Gasteiger partial charge in [0.1, 0.15) is 11.8 Å². The third-order valence-electron chi connectivity index (χ3n) is 2.49. The fourth-order valence-corrected chi connectivity index (χ4v) is 2.40. The van der Waals surface area contributed by atoms with Gasteiger partial charge in [-0.15, -0.1) is 0 Å². The van der Waals surface area contributed by atoms with Crippen LogP contribution in [0.25, 0.3) is 0 Å². The number of carboxylic acids is 1. The number of hydrogen-bond donors (Lipinski definition) is 3. The smallest absolute Gasteiger partial charge is 0.326 e. The van der Waals surface area contributed by atoms with Crippen molar-refractivity contribution in [2.75, 3.05) is 16.8 Å². The van der Waals surface area contributed by atoms with Gasteiger partial charge in [-0.3, -0.25) is 9.59 Å². The maximum atomic E-state index is 11.6. The SMILES string of the molecule is Cc1cc(NC(=O)CCSCCC(NC=O)C(=O)O)no1. The lowest BCUT2D eigenvalue weighted by Crippen LogP contribution is -2.36. The highest BCUT2D eigenvalue weighted by Gasteiger charge is 2.15. The van der Waals surface area contributed by atoms with Crippen molar-refractivity contribution in [3.63, 3.8) is 0 Å². The van der Waals surface area contributed by atoms with Crippen molar-refractivity contribution in [1.82, 2.24) is 10.5 Å². The van der Waals surface area contributed by atoms with Crippen molar-refractivity contribution in [3.05, 3.63) is 11.8 Å². The molecule has 8 nitrogen and oxygen atoms in total. The Hall–Kier alpha value is -2.03. The zero-order valence-electron chi connectivity index (χ0n) is 11.5. The van der Waals surface area contributed by atoms with E-state index < -0.39 is 12.0 Å². The molecule has 1 aromatic rings. The van der Waals surface area contributed by atoms with Gasteiger partial charge >= 0.3 is 5.97 Å². The summed E-state index contributed by atoms with van der Waals surface area (Å²) in [7, 11) is 0. The summed E-state index contributed by atoms with van der Waals surface area (Å²) in [5.41, 5.74) is 0. The second-order valence-corrected chi connectivity index (χ2v) is 5.42. The maximum absolute atomic E-state index is 11.6. The number of nitrogens with one attached hydrogen (secondary N) is 2.